The molecule has 4 rings (SSSR count). The lowest BCUT2D eigenvalue weighted by Crippen LogP contribution is -2.40. The summed E-state index contributed by atoms with van der Waals surface area (Å²) in [5.74, 6) is 1.66. The average molecular weight is 328 g/mol. The number of para-hydroxylation sites is 1. The smallest absolute Gasteiger partial charge is 0.226 e. The largest absolute Gasteiger partial charge is 0.496 e. The average Bonchev–Trinajstić information content (AvgIpc) is 3.10. The summed E-state index contributed by atoms with van der Waals surface area (Å²) in [5.41, 5.74) is 1.55. The summed E-state index contributed by atoms with van der Waals surface area (Å²) in [4.78, 5) is 15.3. The van der Waals surface area contributed by atoms with Gasteiger partial charge in [-0.2, -0.15) is 0 Å². The maximum Gasteiger partial charge on any atom is 0.226 e. The number of nitrogens with zero attached hydrogens (tertiary/aromatic N) is 1. The van der Waals surface area contributed by atoms with Crippen LogP contribution in [-0.2, 0) is 11.2 Å². The molecule has 3 fully saturated rings. The highest BCUT2D eigenvalue weighted by molar-refractivity contribution is 5.83. The van der Waals surface area contributed by atoms with E-state index in [1.165, 1.54) is 18.4 Å². The fourth-order valence-corrected chi connectivity index (χ4v) is 4.84. The maximum absolute atomic E-state index is 13.1. The highest BCUT2D eigenvalue weighted by atomic mass is 16.5. The predicted octanol–water partition coefficient (Wildman–Crippen LogP) is 2.62. The van der Waals surface area contributed by atoms with E-state index in [-0.39, 0.29) is 5.92 Å². The van der Waals surface area contributed by atoms with E-state index in [1.54, 1.807) is 7.11 Å². The molecule has 1 N–H and O–H groups in total. The Morgan fingerprint density at radius 3 is 2.92 bits per heavy atom. The number of rotatable bonds is 4. The molecule has 1 aromatic carbocycles. The second kappa shape index (κ2) is 6.40. The topological polar surface area (TPSA) is 41.6 Å². The van der Waals surface area contributed by atoms with Crippen LogP contribution in [0.15, 0.2) is 24.3 Å². The number of carbonyl (C=O) groups is 1. The maximum atomic E-state index is 13.1. The van der Waals surface area contributed by atoms with E-state index in [2.05, 4.69) is 22.3 Å². The summed E-state index contributed by atoms with van der Waals surface area (Å²) in [6.45, 7) is 3.09. The van der Waals surface area contributed by atoms with Crippen LogP contribution in [-0.4, -0.2) is 43.6 Å². The number of hydrogen-bond donors (Lipinski definition) is 1. The number of ether oxygens (including phenoxy) is 1. The number of methoxy groups -OCH3 is 1. The van der Waals surface area contributed by atoms with Gasteiger partial charge in [0.1, 0.15) is 5.75 Å². The van der Waals surface area contributed by atoms with E-state index >= 15 is 0 Å². The zero-order valence-corrected chi connectivity index (χ0v) is 14.6. The second-order valence-corrected chi connectivity index (χ2v) is 7.71. The van der Waals surface area contributed by atoms with Gasteiger partial charge in [0, 0.05) is 18.5 Å². The number of piperidine rings is 1. The van der Waals surface area contributed by atoms with Gasteiger partial charge in [0.15, 0.2) is 0 Å². The first kappa shape index (κ1) is 15.9. The Bertz CT molecular complexity index is 609. The summed E-state index contributed by atoms with van der Waals surface area (Å²) < 4.78 is 5.49. The van der Waals surface area contributed by atoms with Crippen LogP contribution in [0.1, 0.15) is 37.7 Å². The third kappa shape index (κ3) is 2.81. The molecule has 2 aliphatic heterocycles. The lowest BCUT2D eigenvalue weighted by molar-refractivity contribution is -0.134. The molecule has 1 amide bonds. The van der Waals surface area contributed by atoms with E-state index in [4.69, 9.17) is 4.74 Å². The van der Waals surface area contributed by atoms with Crippen molar-refractivity contribution < 1.29 is 9.53 Å². The van der Waals surface area contributed by atoms with Gasteiger partial charge < -0.3 is 15.0 Å². The third-order valence-electron chi connectivity index (χ3n) is 6.40. The Morgan fingerprint density at radius 1 is 1.33 bits per heavy atom. The molecule has 0 aromatic heterocycles. The molecule has 24 heavy (non-hydrogen) atoms. The molecule has 4 nitrogen and oxygen atoms in total. The molecule has 1 aromatic rings. The monoisotopic (exact) mass is 328 g/mol. The van der Waals surface area contributed by atoms with Gasteiger partial charge in [-0.25, -0.2) is 0 Å². The summed E-state index contributed by atoms with van der Waals surface area (Å²) in [6, 6.07) is 8.55. The first-order chi connectivity index (χ1) is 11.7. The van der Waals surface area contributed by atoms with Gasteiger partial charge in [0.2, 0.25) is 5.91 Å². The number of likely N-dealkylation sites (tertiary alicyclic amines) is 1. The van der Waals surface area contributed by atoms with E-state index in [0.717, 1.165) is 51.1 Å². The zero-order chi connectivity index (χ0) is 16.6. The van der Waals surface area contributed by atoms with Crippen LogP contribution < -0.4 is 10.1 Å². The highest BCUT2D eigenvalue weighted by Crippen LogP contribution is 2.59. The van der Waals surface area contributed by atoms with Crippen molar-refractivity contribution in [1.82, 2.24) is 10.2 Å². The molecule has 4 heteroatoms. The molecule has 1 saturated carbocycles. The van der Waals surface area contributed by atoms with Crippen LogP contribution >= 0.6 is 0 Å². The van der Waals surface area contributed by atoms with Crippen molar-refractivity contribution in [1.29, 1.82) is 0 Å². The Labute approximate surface area is 144 Å². The van der Waals surface area contributed by atoms with E-state index in [0.29, 0.717) is 17.4 Å². The van der Waals surface area contributed by atoms with Crippen molar-refractivity contribution in [2.45, 2.75) is 44.6 Å². The predicted molar refractivity (Wildman–Crippen MR) is 94.1 cm³/mol. The van der Waals surface area contributed by atoms with Crippen LogP contribution in [0, 0.1) is 11.3 Å². The van der Waals surface area contributed by atoms with Crippen molar-refractivity contribution in [3.63, 3.8) is 0 Å². The third-order valence-corrected chi connectivity index (χ3v) is 6.40. The molecule has 1 spiro atoms. The molecule has 130 valence electrons. The molecule has 2 heterocycles. The van der Waals surface area contributed by atoms with Gasteiger partial charge in [0.05, 0.1) is 7.11 Å². The minimum Gasteiger partial charge on any atom is -0.496 e. The van der Waals surface area contributed by atoms with Crippen molar-refractivity contribution >= 4 is 5.91 Å². The standard InChI is InChI=1S/C20H28N2O2/c1-24-18-7-3-2-5-15(18)13-16-6-4-12-22(16)19(23)17-14-20(17)8-10-21-11-9-20/h2-3,5,7,16-17,21H,4,6,8-14H2,1H3. The van der Waals surface area contributed by atoms with Gasteiger partial charge in [-0.05, 0) is 68.7 Å². The Balaban J connectivity index is 1.44. The first-order valence-corrected chi connectivity index (χ1v) is 9.37. The Morgan fingerprint density at radius 2 is 2.12 bits per heavy atom. The molecule has 0 bridgehead atoms. The quantitative estimate of drug-likeness (QED) is 0.924. The van der Waals surface area contributed by atoms with Gasteiger partial charge in [-0.1, -0.05) is 18.2 Å². The minimum atomic E-state index is 0.290. The van der Waals surface area contributed by atoms with Crippen molar-refractivity contribution in [2.75, 3.05) is 26.7 Å². The molecule has 2 saturated heterocycles. The number of carbonyl (C=O) groups excluding carboxylic acids is 1. The Hall–Kier alpha value is -1.55. The minimum absolute atomic E-state index is 0.290. The second-order valence-electron chi connectivity index (χ2n) is 7.71. The van der Waals surface area contributed by atoms with Crippen molar-refractivity contribution in [3.05, 3.63) is 29.8 Å². The summed E-state index contributed by atoms with van der Waals surface area (Å²) in [5, 5.41) is 3.42. The molecule has 2 unspecified atom stereocenters. The molecule has 3 aliphatic rings. The number of benzene rings is 1. The fraction of sp³-hybridized carbons (Fsp3) is 0.650. The number of hydrogen-bond acceptors (Lipinski definition) is 3. The van der Waals surface area contributed by atoms with Gasteiger partial charge in [-0.3, -0.25) is 4.79 Å². The molecular weight excluding hydrogens is 300 g/mol. The molecule has 1 aliphatic carbocycles. The number of nitrogens with one attached hydrogen (secondary N) is 1. The first-order valence-electron chi connectivity index (χ1n) is 9.37. The summed E-state index contributed by atoms with van der Waals surface area (Å²) >= 11 is 0. The van der Waals surface area contributed by atoms with Crippen LogP contribution in [0.2, 0.25) is 0 Å². The van der Waals surface area contributed by atoms with E-state index in [1.807, 2.05) is 12.1 Å². The van der Waals surface area contributed by atoms with Gasteiger partial charge in [0.25, 0.3) is 0 Å². The van der Waals surface area contributed by atoms with Crippen LogP contribution in [0.4, 0.5) is 0 Å². The fourth-order valence-electron chi connectivity index (χ4n) is 4.84. The normalized spacial score (nSPS) is 28.1. The summed E-state index contributed by atoms with van der Waals surface area (Å²) in [7, 11) is 1.72. The van der Waals surface area contributed by atoms with E-state index in [9.17, 15) is 4.79 Å². The highest BCUT2D eigenvalue weighted by Gasteiger charge is 2.59. The molecule has 0 radical (unpaired) electrons. The van der Waals surface area contributed by atoms with Gasteiger partial charge in [-0.15, -0.1) is 0 Å². The van der Waals surface area contributed by atoms with Crippen molar-refractivity contribution in [2.24, 2.45) is 11.3 Å². The van der Waals surface area contributed by atoms with Crippen LogP contribution in [0.25, 0.3) is 0 Å². The molecular formula is C20H28N2O2. The van der Waals surface area contributed by atoms with Crippen molar-refractivity contribution in [3.8, 4) is 5.75 Å². The molecule has 2 atom stereocenters. The van der Waals surface area contributed by atoms with Crippen LogP contribution in [0.3, 0.4) is 0 Å². The zero-order valence-electron chi connectivity index (χ0n) is 14.6. The lowest BCUT2D eigenvalue weighted by Gasteiger charge is -2.28. The summed E-state index contributed by atoms with van der Waals surface area (Å²) in [6.07, 6.45) is 6.63. The Kier molecular flexibility index (Phi) is 4.25. The van der Waals surface area contributed by atoms with Crippen LogP contribution in [0.5, 0.6) is 5.75 Å². The SMILES string of the molecule is COc1ccccc1CC1CCCN1C(=O)C1CC12CCNCC2. The lowest BCUT2D eigenvalue weighted by atomic mass is 9.91. The van der Waals surface area contributed by atoms with Gasteiger partial charge >= 0.3 is 0 Å². The van der Waals surface area contributed by atoms with E-state index < -0.39 is 0 Å². The number of amides is 1.